The summed E-state index contributed by atoms with van der Waals surface area (Å²) in [4.78, 5) is 12.2. The van der Waals surface area contributed by atoms with Crippen LogP contribution in [0.4, 0.5) is 0 Å². The predicted octanol–water partition coefficient (Wildman–Crippen LogP) is 3.96. The van der Waals surface area contributed by atoms with Gasteiger partial charge in [0.05, 0.1) is 19.8 Å². The minimum Gasteiger partial charge on any atom is -0.497 e. The van der Waals surface area contributed by atoms with E-state index in [2.05, 4.69) is 18.3 Å². The summed E-state index contributed by atoms with van der Waals surface area (Å²) < 4.78 is 10.8. The molecule has 0 atom stereocenters. The molecule has 1 N–H and O–H groups in total. The molecule has 3 rings (SSSR count). The summed E-state index contributed by atoms with van der Waals surface area (Å²) >= 11 is 0. The van der Waals surface area contributed by atoms with Gasteiger partial charge in [0, 0.05) is 17.5 Å². The molecule has 1 amide bonds. The third-order valence-corrected chi connectivity index (χ3v) is 4.59. The fourth-order valence-corrected chi connectivity index (χ4v) is 2.90. The lowest BCUT2D eigenvalue weighted by molar-refractivity contribution is -0.120. The van der Waals surface area contributed by atoms with Crippen molar-refractivity contribution in [3.05, 3.63) is 64.9 Å². The Kier molecular flexibility index (Phi) is 5.08. The number of benzene rings is 2. The largest absolute Gasteiger partial charge is 0.497 e. The van der Waals surface area contributed by atoms with Crippen molar-refractivity contribution in [3.8, 4) is 5.75 Å². The molecule has 4 heteroatoms. The van der Waals surface area contributed by atoms with Gasteiger partial charge in [0.15, 0.2) is 0 Å². The first-order valence-corrected chi connectivity index (χ1v) is 8.44. The number of hydrogen-bond acceptors (Lipinski definition) is 3. The zero-order chi connectivity index (χ0) is 17.8. The van der Waals surface area contributed by atoms with Crippen LogP contribution in [0.15, 0.2) is 47.1 Å². The van der Waals surface area contributed by atoms with Crippen LogP contribution in [0.25, 0.3) is 11.0 Å². The second-order valence-corrected chi connectivity index (χ2v) is 6.27. The molecule has 1 heterocycles. The topological polar surface area (TPSA) is 51.5 Å². The molecule has 0 unspecified atom stereocenters. The molecule has 0 radical (unpaired) electrons. The van der Waals surface area contributed by atoms with E-state index in [9.17, 15) is 4.79 Å². The summed E-state index contributed by atoms with van der Waals surface area (Å²) in [5, 5.41) is 4.00. The van der Waals surface area contributed by atoms with Crippen molar-refractivity contribution in [1.82, 2.24) is 5.32 Å². The van der Waals surface area contributed by atoms with Gasteiger partial charge in [-0.25, -0.2) is 0 Å². The first kappa shape index (κ1) is 17.1. The number of methoxy groups -OCH3 is 1. The Labute approximate surface area is 147 Å². The molecule has 0 aliphatic rings. The van der Waals surface area contributed by atoms with E-state index in [1.165, 1.54) is 11.1 Å². The zero-order valence-corrected chi connectivity index (χ0v) is 14.9. The molecule has 0 saturated carbocycles. The Morgan fingerprint density at radius 1 is 1.12 bits per heavy atom. The van der Waals surface area contributed by atoms with Gasteiger partial charge in [0.25, 0.3) is 0 Å². The standard InChI is InChI=1S/C21H23NO3/c1-14-4-9-19-17(13-25-21(19)15(14)2)12-20(23)22-11-10-16-5-7-18(24-3)8-6-16/h4-9,13H,10-12H2,1-3H3,(H,22,23). The van der Waals surface area contributed by atoms with E-state index in [1.807, 2.05) is 37.3 Å². The van der Waals surface area contributed by atoms with Crippen LogP contribution in [0.5, 0.6) is 5.75 Å². The SMILES string of the molecule is COc1ccc(CCNC(=O)Cc2coc3c(C)c(C)ccc23)cc1. The van der Waals surface area contributed by atoms with Crippen molar-refractivity contribution >= 4 is 16.9 Å². The average molecular weight is 337 g/mol. The first-order valence-electron chi connectivity index (χ1n) is 8.44. The maximum absolute atomic E-state index is 12.2. The number of nitrogens with one attached hydrogen (secondary N) is 1. The minimum absolute atomic E-state index is 0.00874. The molecule has 2 aromatic carbocycles. The lowest BCUT2D eigenvalue weighted by Gasteiger charge is -2.06. The molecular weight excluding hydrogens is 314 g/mol. The van der Waals surface area contributed by atoms with Crippen molar-refractivity contribution in [3.63, 3.8) is 0 Å². The highest BCUT2D eigenvalue weighted by Gasteiger charge is 2.12. The molecule has 3 aromatic rings. The number of aryl methyl sites for hydroxylation is 2. The number of furan rings is 1. The van der Waals surface area contributed by atoms with Crippen molar-refractivity contribution < 1.29 is 13.9 Å². The van der Waals surface area contributed by atoms with Crippen molar-refractivity contribution in [2.75, 3.05) is 13.7 Å². The Bertz CT molecular complexity index is 878. The monoisotopic (exact) mass is 337 g/mol. The first-order chi connectivity index (χ1) is 12.1. The molecule has 25 heavy (non-hydrogen) atoms. The summed E-state index contributed by atoms with van der Waals surface area (Å²) in [7, 11) is 1.65. The van der Waals surface area contributed by atoms with Crippen LogP contribution in [0.3, 0.4) is 0 Å². The Morgan fingerprint density at radius 3 is 2.60 bits per heavy atom. The molecule has 4 nitrogen and oxygen atoms in total. The van der Waals surface area contributed by atoms with Gasteiger partial charge in [-0.05, 0) is 49.1 Å². The highest BCUT2D eigenvalue weighted by molar-refractivity contribution is 5.89. The molecule has 0 aliphatic carbocycles. The van der Waals surface area contributed by atoms with Crippen LogP contribution >= 0.6 is 0 Å². The van der Waals surface area contributed by atoms with E-state index < -0.39 is 0 Å². The van der Waals surface area contributed by atoms with Gasteiger partial charge in [0.2, 0.25) is 5.91 Å². The molecule has 0 fully saturated rings. The highest BCUT2D eigenvalue weighted by atomic mass is 16.5. The van der Waals surface area contributed by atoms with E-state index in [4.69, 9.17) is 9.15 Å². The fourth-order valence-electron chi connectivity index (χ4n) is 2.90. The van der Waals surface area contributed by atoms with Crippen LogP contribution in [0.1, 0.15) is 22.3 Å². The highest BCUT2D eigenvalue weighted by Crippen LogP contribution is 2.26. The fraction of sp³-hybridized carbons (Fsp3) is 0.286. The van der Waals surface area contributed by atoms with Crippen molar-refractivity contribution in [1.29, 1.82) is 0 Å². The number of ether oxygens (including phenoxy) is 1. The summed E-state index contributed by atoms with van der Waals surface area (Å²) in [6.07, 6.45) is 2.82. The van der Waals surface area contributed by atoms with Crippen LogP contribution in [-0.2, 0) is 17.6 Å². The quantitative estimate of drug-likeness (QED) is 0.741. The molecule has 0 bridgehead atoms. The summed E-state index contributed by atoms with van der Waals surface area (Å²) in [5.74, 6) is 0.847. The van der Waals surface area contributed by atoms with E-state index in [1.54, 1.807) is 13.4 Å². The number of hydrogen-bond donors (Lipinski definition) is 1. The van der Waals surface area contributed by atoms with Crippen molar-refractivity contribution in [2.45, 2.75) is 26.7 Å². The maximum atomic E-state index is 12.2. The molecule has 130 valence electrons. The third-order valence-electron chi connectivity index (χ3n) is 4.59. The van der Waals surface area contributed by atoms with Crippen LogP contribution in [0, 0.1) is 13.8 Å². The van der Waals surface area contributed by atoms with E-state index >= 15 is 0 Å². The van der Waals surface area contributed by atoms with Crippen LogP contribution in [-0.4, -0.2) is 19.6 Å². The van der Waals surface area contributed by atoms with Crippen LogP contribution < -0.4 is 10.1 Å². The predicted molar refractivity (Wildman–Crippen MR) is 99.1 cm³/mol. The molecule has 1 aromatic heterocycles. The number of carbonyl (C=O) groups is 1. The van der Waals surface area contributed by atoms with Gasteiger partial charge >= 0.3 is 0 Å². The van der Waals surface area contributed by atoms with Crippen molar-refractivity contribution in [2.24, 2.45) is 0 Å². The number of fused-ring (bicyclic) bond motifs is 1. The number of carbonyl (C=O) groups excluding carboxylic acids is 1. The second-order valence-electron chi connectivity index (χ2n) is 6.27. The second kappa shape index (κ2) is 7.43. The molecule has 0 saturated heterocycles. The van der Waals surface area contributed by atoms with Gasteiger partial charge in [-0.15, -0.1) is 0 Å². The van der Waals surface area contributed by atoms with E-state index in [-0.39, 0.29) is 5.91 Å². The Balaban J connectivity index is 1.56. The van der Waals surface area contributed by atoms with Gasteiger partial charge in [0.1, 0.15) is 11.3 Å². The smallest absolute Gasteiger partial charge is 0.224 e. The van der Waals surface area contributed by atoms with Gasteiger partial charge in [-0.3, -0.25) is 4.79 Å². The van der Waals surface area contributed by atoms with Gasteiger partial charge in [-0.2, -0.15) is 0 Å². The Hall–Kier alpha value is -2.75. The summed E-state index contributed by atoms with van der Waals surface area (Å²) in [6.45, 7) is 4.71. The average Bonchev–Trinajstić information content (AvgIpc) is 3.02. The van der Waals surface area contributed by atoms with E-state index in [0.29, 0.717) is 13.0 Å². The normalized spacial score (nSPS) is 10.8. The maximum Gasteiger partial charge on any atom is 0.224 e. The molecule has 0 spiro atoms. The molecule has 0 aliphatic heterocycles. The minimum atomic E-state index is 0.00874. The third kappa shape index (κ3) is 3.85. The number of amides is 1. The Morgan fingerprint density at radius 2 is 1.88 bits per heavy atom. The van der Waals surface area contributed by atoms with Crippen LogP contribution in [0.2, 0.25) is 0 Å². The molecular formula is C21H23NO3. The summed E-state index contributed by atoms with van der Waals surface area (Å²) in [6, 6.07) is 12.0. The summed E-state index contributed by atoms with van der Waals surface area (Å²) in [5.41, 5.74) is 5.29. The lowest BCUT2D eigenvalue weighted by Crippen LogP contribution is -2.27. The lowest BCUT2D eigenvalue weighted by atomic mass is 10.0. The van der Waals surface area contributed by atoms with Gasteiger partial charge < -0.3 is 14.5 Å². The van der Waals surface area contributed by atoms with Gasteiger partial charge in [-0.1, -0.05) is 24.3 Å². The zero-order valence-electron chi connectivity index (χ0n) is 14.9. The number of rotatable bonds is 6. The van der Waals surface area contributed by atoms with E-state index in [0.717, 1.165) is 34.3 Å².